The van der Waals surface area contributed by atoms with Gasteiger partial charge in [0.1, 0.15) is 18.0 Å². The van der Waals surface area contributed by atoms with Crippen molar-refractivity contribution in [3.63, 3.8) is 0 Å². The van der Waals surface area contributed by atoms with Crippen molar-refractivity contribution in [2.24, 2.45) is 0 Å². The molecule has 0 aliphatic heterocycles. The molecule has 0 unspecified atom stereocenters. The number of carbonyl (C=O) groups excluding carboxylic acids is 1. The molecule has 0 aliphatic rings. The fourth-order valence-electron chi connectivity index (χ4n) is 2.29. The van der Waals surface area contributed by atoms with Crippen LogP contribution in [0.25, 0.3) is 0 Å². The lowest BCUT2D eigenvalue weighted by molar-refractivity contribution is -0.383. The highest BCUT2D eigenvalue weighted by molar-refractivity contribution is 7.80. The second-order valence-corrected chi connectivity index (χ2v) is 6.16. The molecule has 0 spiro atoms. The minimum Gasteiger partial charge on any atom is -0.491 e. The van der Waals surface area contributed by atoms with Gasteiger partial charge in [0.2, 0.25) is 0 Å². The van der Waals surface area contributed by atoms with Crippen molar-refractivity contribution in [2.45, 2.75) is 13.8 Å². The number of hydrogen-bond donors (Lipinski definition) is 2. The number of ether oxygens (including phenoxy) is 2. The molecule has 0 aromatic heterocycles. The first kappa shape index (κ1) is 21.3. The zero-order valence-corrected chi connectivity index (χ0v) is 16.4. The molecule has 0 atom stereocenters. The summed E-state index contributed by atoms with van der Waals surface area (Å²) in [4.78, 5) is 22.9. The van der Waals surface area contributed by atoms with Gasteiger partial charge in [-0.25, -0.2) is 0 Å². The van der Waals surface area contributed by atoms with Crippen LogP contribution in [0.3, 0.4) is 0 Å². The van der Waals surface area contributed by atoms with E-state index in [-0.39, 0.29) is 16.5 Å². The first-order chi connectivity index (χ1) is 13.4. The Bertz CT molecular complexity index is 855. The average molecular weight is 403 g/mol. The quantitative estimate of drug-likeness (QED) is 0.301. The number of nitrogens with one attached hydrogen (secondary N) is 2. The van der Waals surface area contributed by atoms with Crippen molar-refractivity contribution < 1.29 is 19.2 Å². The normalized spacial score (nSPS) is 10.2. The maximum absolute atomic E-state index is 12.3. The summed E-state index contributed by atoms with van der Waals surface area (Å²) in [6.45, 7) is 5.19. The monoisotopic (exact) mass is 403 g/mol. The Hall–Kier alpha value is -3.04. The Morgan fingerprint density at radius 3 is 2.54 bits per heavy atom. The van der Waals surface area contributed by atoms with E-state index in [4.69, 9.17) is 21.7 Å². The van der Waals surface area contributed by atoms with Gasteiger partial charge in [-0.05, 0) is 62.0 Å². The molecule has 9 heteroatoms. The average Bonchev–Trinajstić information content (AvgIpc) is 2.67. The SMILES string of the molecule is CCOCCOc1ccc(C(=O)NC(=S)Nc2ccc(C)cc2[N+](=O)[O-])cc1. The number of anilines is 1. The topological polar surface area (TPSA) is 103 Å². The van der Waals surface area contributed by atoms with Crippen LogP contribution in [0, 0.1) is 17.0 Å². The summed E-state index contributed by atoms with van der Waals surface area (Å²) in [6.07, 6.45) is 0. The van der Waals surface area contributed by atoms with Gasteiger partial charge >= 0.3 is 0 Å². The standard InChI is InChI=1S/C19H21N3O5S/c1-3-26-10-11-27-15-7-5-14(6-8-15)18(23)21-19(28)20-16-9-4-13(2)12-17(16)22(24)25/h4-9,12H,3,10-11H2,1-2H3,(H2,20,21,23,28). The van der Waals surface area contributed by atoms with Gasteiger partial charge in [-0.15, -0.1) is 0 Å². The number of nitro benzene ring substituents is 1. The van der Waals surface area contributed by atoms with E-state index in [2.05, 4.69) is 10.6 Å². The first-order valence-electron chi connectivity index (χ1n) is 8.58. The summed E-state index contributed by atoms with van der Waals surface area (Å²) in [5.41, 5.74) is 1.21. The molecule has 2 N–H and O–H groups in total. The van der Waals surface area contributed by atoms with Crippen molar-refractivity contribution in [1.29, 1.82) is 0 Å². The zero-order valence-electron chi connectivity index (χ0n) is 15.6. The van der Waals surface area contributed by atoms with Gasteiger partial charge in [0.05, 0.1) is 11.5 Å². The van der Waals surface area contributed by atoms with Crippen molar-refractivity contribution in [3.05, 3.63) is 63.7 Å². The van der Waals surface area contributed by atoms with Crippen LogP contribution in [0.1, 0.15) is 22.8 Å². The van der Waals surface area contributed by atoms with Gasteiger partial charge in [0.25, 0.3) is 11.6 Å². The van der Waals surface area contributed by atoms with Crippen LogP contribution in [0.2, 0.25) is 0 Å². The second kappa shape index (κ2) is 10.3. The van der Waals surface area contributed by atoms with Crippen molar-refractivity contribution in [1.82, 2.24) is 5.32 Å². The maximum atomic E-state index is 12.3. The van der Waals surface area contributed by atoms with Crippen LogP contribution >= 0.6 is 12.2 Å². The smallest absolute Gasteiger partial charge is 0.292 e. The Labute approximate surface area is 168 Å². The van der Waals surface area contributed by atoms with Crippen molar-refractivity contribution in [3.8, 4) is 5.75 Å². The minimum atomic E-state index is -0.510. The van der Waals surface area contributed by atoms with E-state index in [1.54, 1.807) is 43.3 Å². The van der Waals surface area contributed by atoms with Crippen molar-refractivity contribution >= 4 is 34.6 Å². The molecule has 2 aromatic rings. The number of hydrogen-bond acceptors (Lipinski definition) is 6. The summed E-state index contributed by atoms with van der Waals surface area (Å²) < 4.78 is 10.7. The number of nitrogens with zero attached hydrogens (tertiary/aromatic N) is 1. The predicted molar refractivity (Wildman–Crippen MR) is 110 cm³/mol. The molecule has 0 saturated carbocycles. The summed E-state index contributed by atoms with van der Waals surface area (Å²) >= 11 is 5.09. The van der Waals surface area contributed by atoms with Gasteiger partial charge in [-0.2, -0.15) is 0 Å². The molecule has 2 aromatic carbocycles. The summed E-state index contributed by atoms with van der Waals surface area (Å²) in [6, 6.07) is 11.2. The molecule has 0 heterocycles. The largest absolute Gasteiger partial charge is 0.491 e. The molecule has 0 fully saturated rings. The van der Waals surface area contributed by atoms with E-state index in [0.717, 1.165) is 5.56 Å². The highest BCUT2D eigenvalue weighted by Crippen LogP contribution is 2.25. The lowest BCUT2D eigenvalue weighted by Gasteiger charge is -2.11. The third-order valence-electron chi connectivity index (χ3n) is 3.64. The van der Waals surface area contributed by atoms with Gasteiger partial charge < -0.3 is 14.8 Å². The third kappa shape index (κ3) is 6.29. The summed E-state index contributed by atoms with van der Waals surface area (Å²) in [5, 5.41) is 16.3. The number of thiocarbonyl (C=S) groups is 1. The van der Waals surface area contributed by atoms with E-state index in [1.165, 1.54) is 6.07 Å². The third-order valence-corrected chi connectivity index (χ3v) is 3.85. The number of nitro groups is 1. The van der Waals surface area contributed by atoms with Crippen LogP contribution < -0.4 is 15.4 Å². The molecule has 2 rings (SSSR count). The number of carbonyl (C=O) groups is 1. The molecule has 0 radical (unpaired) electrons. The summed E-state index contributed by atoms with van der Waals surface area (Å²) in [5.74, 6) is 0.181. The Morgan fingerprint density at radius 2 is 1.89 bits per heavy atom. The Kier molecular flexibility index (Phi) is 7.85. The van der Waals surface area contributed by atoms with E-state index < -0.39 is 10.8 Å². The van der Waals surface area contributed by atoms with Crippen LogP contribution in [-0.2, 0) is 4.74 Å². The Balaban J connectivity index is 1.94. The van der Waals surface area contributed by atoms with Crippen LogP contribution in [0.15, 0.2) is 42.5 Å². The van der Waals surface area contributed by atoms with E-state index in [9.17, 15) is 14.9 Å². The maximum Gasteiger partial charge on any atom is 0.292 e. The van der Waals surface area contributed by atoms with Gasteiger partial charge in [-0.3, -0.25) is 20.2 Å². The van der Waals surface area contributed by atoms with Crippen LogP contribution in [0.5, 0.6) is 5.75 Å². The highest BCUT2D eigenvalue weighted by Gasteiger charge is 2.16. The fourth-order valence-corrected chi connectivity index (χ4v) is 2.50. The number of benzene rings is 2. The van der Waals surface area contributed by atoms with Gasteiger partial charge in [0.15, 0.2) is 5.11 Å². The lowest BCUT2D eigenvalue weighted by atomic mass is 10.2. The van der Waals surface area contributed by atoms with Gasteiger partial charge in [-0.1, -0.05) is 6.07 Å². The van der Waals surface area contributed by atoms with E-state index >= 15 is 0 Å². The summed E-state index contributed by atoms with van der Waals surface area (Å²) in [7, 11) is 0. The number of rotatable bonds is 8. The van der Waals surface area contributed by atoms with E-state index in [0.29, 0.717) is 31.1 Å². The highest BCUT2D eigenvalue weighted by atomic mass is 32.1. The molecule has 0 aliphatic carbocycles. The minimum absolute atomic E-state index is 0.0333. The number of aryl methyl sites for hydroxylation is 1. The molecule has 28 heavy (non-hydrogen) atoms. The molecule has 8 nitrogen and oxygen atoms in total. The van der Waals surface area contributed by atoms with Gasteiger partial charge in [0, 0.05) is 18.2 Å². The lowest BCUT2D eigenvalue weighted by Crippen LogP contribution is -2.34. The predicted octanol–water partition coefficient (Wildman–Crippen LogP) is 3.45. The molecule has 148 valence electrons. The number of amides is 1. The van der Waals surface area contributed by atoms with Crippen LogP contribution in [0.4, 0.5) is 11.4 Å². The first-order valence-corrected chi connectivity index (χ1v) is 8.99. The Morgan fingerprint density at radius 1 is 1.18 bits per heavy atom. The molecule has 0 saturated heterocycles. The molecule has 1 amide bonds. The molecule has 0 bridgehead atoms. The van der Waals surface area contributed by atoms with E-state index in [1.807, 2.05) is 6.92 Å². The molecular formula is C19H21N3O5S. The fraction of sp³-hybridized carbons (Fsp3) is 0.263. The zero-order chi connectivity index (χ0) is 20.5. The van der Waals surface area contributed by atoms with Crippen LogP contribution in [-0.4, -0.2) is 35.8 Å². The van der Waals surface area contributed by atoms with Crippen molar-refractivity contribution in [2.75, 3.05) is 25.1 Å². The molecular weight excluding hydrogens is 382 g/mol. The second-order valence-electron chi connectivity index (χ2n) is 5.76.